The van der Waals surface area contributed by atoms with Gasteiger partial charge in [-0.1, -0.05) is 24.8 Å². The van der Waals surface area contributed by atoms with Crippen molar-refractivity contribution in [1.29, 1.82) is 0 Å². The molecule has 1 aromatic carbocycles. The quantitative estimate of drug-likeness (QED) is 0.758. The second kappa shape index (κ2) is 5.21. The third kappa shape index (κ3) is 3.27. The standard InChI is InChI=1S/C12H17NOS/c1-8-4-5-11(10(3)9(8)2)6-7-13-12(14)15/h4-5H,6-7H2,1-3H3,(H2,13,14,15). The number of amides is 1. The van der Waals surface area contributed by atoms with Crippen LogP contribution in [0.15, 0.2) is 12.1 Å². The van der Waals surface area contributed by atoms with Crippen LogP contribution in [-0.4, -0.2) is 11.8 Å². The Kier molecular flexibility index (Phi) is 4.21. The van der Waals surface area contributed by atoms with Crippen LogP contribution >= 0.6 is 12.6 Å². The molecule has 15 heavy (non-hydrogen) atoms. The zero-order valence-electron chi connectivity index (χ0n) is 9.42. The summed E-state index contributed by atoms with van der Waals surface area (Å²) in [5.41, 5.74) is 5.27. The molecule has 1 aromatic rings. The molecule has 0 atom stereocenters. The number of thiol groups is 1. The van der Waals surface area contributed by atoms with Gasteiger partial charge in [-0.25, -0.2) is 0 Å². The highest BCUT2D eigenvalue weighted by molar-refractivity contribution is 7.96. The third-order valence-electron chi connectivity index (χ3n) is 2.84. The third-order valence-corrected chi connectivity index (χ3v) is 3.00. The second-order valence-electron chi connectivity index (χ2n) is 3.77. The summed E-state index contributed by atoms with van der Waals surface area (Å²) in [5.74, 6) is 0. The first kappa shape index (κ1) is 12.1. The average Bonchev–Trinajstić information content (AvgIpc) is 2.18. The van der Waals surface area contributed by atoms with Crippen LogP contribution in [0.4, 0.5) is 4.79 Å². The summed E-state index contributed by atoms with van der Waals surface area (Å²) in [6, 6.07) is 4.25. The van der Waals surface area contributed by atoms with Gasteiger partial charge < -0.3 is 5.32 Å². The molecule has 0 bridgehead atoms. The Morgan fingerprint density at radius 2 is 1.93 bits per heavy atom. The summed E-state index contributed by atoms with van der Waals surface area (Å²) in [7, 11) is 0. The lowest BCUT2D eigenvalue weighted by Crippen LogP contribution is -2.19. The molecule has 0 fully saturated rings. The first-order chi connectivity index (χ1) is 7.02. The van der Waals surface area contributed by atoms with Gasteiger partial charge in [-0.2, -0.15) is 0 Å². The van der Waals surface area contributed by atoms with Crippen molar-refractivity contribution in [3.05, 3.63) is 34.4 Å². The SMILES string of the molecule is Cc1ccc(CCNC(=O)S)c(C)c1C. The van der Waals surface area contributed by atoms with Gasteiger partial charge in [0.15, 0.2) is 0 Å². The van der Waals surface area contributed by atoms with E-state index in [4.69, 9.17) is 0 Å². The molecule has 1 N–H and O–H groups in total. The molecule has 0 saturated carbocycles. The van der Waals surface area contributed by atoms with Crippen molar-refractivity contribution in [1.82, 2.24) is 5.32 Å². The highest BCUT2D eigenvalue weighted by Crippen LogP contribution is 2.17. The number of rotatable bonds is 3. The summed E-state index contributed by atoms with van der Waals surface area (Å²) in [5, 5.41) is 2.41. The van der Waals surface area contributed by atoms with E-state index in [1.807, 2.05) is 0 Å². The van der Waals surface area contributed by atoms with Gasteiger partial charge in [0.2, 0.25) is 0 Å². The Hall–Kier alpha value is -0.960. The lowest BCUT2D eigenvalue weighted by molar-refractivity contribution is 0.261. The van der Waals surface area contributed by atoms with E-state index in [2.05, 4.69) is 50.8 Å². The van der Waals surface area contributed by atoms with E-state index in [0.29, 0.717) is 6.54 Å². The Balaban J connectivity index is 2.70. The Morgan fingerprint density at radius 1 is 1.27 bits per heavy atom. The van der Waals surface area contributed by atoms with Crippen LogP contribution in [-0.2, 0) is 6.42 Å². The Morgan fingerprint density at radius 3 is 2.53 bits per heavy atom. The number of benzene rings is 1. The summed E-state index contributed by atoms with van der Waals surface area (Å²) in [4.78, 5) is 10.6. The molecule has 0 unspecified atom stereocenters. The van der Waals surface area contributed by atoms with Crippen LogP contribution < -0.4 is 5.32 Å². The molecule has 0 saturated heterocycles. The average molecular weight is 223 g/mol. The first-order valence-electron chi connectivity index (χ1n) is 5.05. The summed E-state index contributed by atoms with van der Waals surface area (Å²) < 4.78 is 0. The minimum Gasteiger partial charge on any atom is -0.347 e. The van der Waals surface area contributed by atoms with E-state index in [1.54, 1.807) is 0 Å². The van der Waals surface area contributed by atoms with Crippen LogP contribution in [0.1, 0.15) is 22.3 Å². The lowest BCUT2D eigenvalue weighted by atomic mass is 9.97. The molecule has 0 spiro atoms. The highest BCUT2D eigenvalue weighted by atomic mass is 32.1. The van der Waals surface area contributed by atoms with Gasteiger partial charge in [0.25, 0.3) is 5.24 Å². The lowest BCUT2D eigenvalue weighted by Gasteiger charge is -2.11. The number of aryl methyl sites for hydroxylation is 1. The fraction of sp³-hybridized carbons (Fsp3) is 0.417. The maximum Gasteiger partial charge on any atom is 0.275 e. The highest BCUT2D eigenvalue weighted by Gasteiger charge is 2.03. The summed E-state index contributed by atoms with van der Waals surface area (Å²) in [6.45, 7) is 7.01. The van der Waals surface area contributed by atoms with Crippen LogP contribution in [0.5, 0.6) is 0 Å². The van der Waals surface area contributed by atoms with Crippen LogP contribution in [0.3, 0.4) is 0 Å². The molecular formula is C12H17NOS. The molecule has 0 heterocycles. The fourth-order valence-corrected chi connectivity index (χ4v) is 1.70. The van der Waals surface area contributed by atoms with E-state index in [-0.39, 0.29) is 5.24 Å². The number of hydrogen-bond donors (Lipinski definition) is 2. The molecule has 0 aliphatic carbocycles. The summed E-state index contributed by atoms with van der Waals surface area (Å²) in [6.07, 6.45) is 0.860. The predicted octanol–water partition coefficient (Wildman–Crippen LogP) is 2.79. The van der Waals surface area contributed by atoms with Gasteiger partial charge in [0.1, 0.15) is 0 Å². The molecule has 3 heteroatoms. The topological polar surface area (TPSA) is 29.1 Å². The van der Waals surface area contributed by atoms with Crippen molar-refractivity contribution >= 4 is 17.9 Å². The van der Waals surface area contributed by atoms with Gasteiger partial charge in [-0.05, 0) is 49.4 Å². The van der Waals surface area contributed by atoms with Crippen LogP contribution in [0.2, 0.25) is 0 Å². The largest absolute Gasteiger partial charge is 0.347 e. The van der Waals surface area contributed by atoms with Crippen molar-refractivity contribution in [3.63, 3.8) is 0 Å². The van der Waals surface area contributed by atoms with E-state index >= 15 is 0 Å². The zero-order valence-corrected chi connectivity index (χ0v) is 10.3. The van der Waals surface area contributed by atoms with Gasteiger partial charge in [-0.15, -0.1) is 0 Å². The van der Waals surface area contributed by atoms with Crippen molar-refractivity contribution < 1.29 is 4.79 Å². The summed E-state index contributed by atoms with van der Waals surface area (Å²) >= 11 is 3.66. The smallest absolute Gasteiger partial charge is 0.275 e. The van der Waals surface area contributed by atoms with E-state index < -0.39 is 0 Å². The first-order valence-corrected chi connectivity index (χ1v) is 5.49. The Bertz CT molecular complexity index is 374. The van der Waals surface area contributed by atoms with Gasteiger partial charge in [0, 0.05) is 6.54 Å². The number of carbonyl (C=O) groups excluding carboxylic acids is 1. The number of nitrogens with one attached hydrogen (secondary N) is 1. The zero-order chi connectivity index (χ0) is 11.4. The Labute approximate surface area is 96.5 Å². The van der Waals surface area contributed by atoms with E-state index in [0.717, 1.165) is 6.42 Å². The van der Waals surface area contributed by atoms with Gasteiger partial charge in [0.05, 0.1) is 0 Å². The van der Waals surface area contributed by atoms with E-state index in [9.17, 15) is 4.79 Å². The van der Waals surface area contributed by atoms with Gasteiger partial charge in [-0.3, -0.25) is 4.79 Å². The molecule has 1 amide bonds. The minimum atomic E-state index is -0.267. The maximum atomic E-state index is 10.6. The van der Waals surface area contributed by atoms with Crippen molar-refractivity contribution in [2.24, 2.45) is 0 Å². The molecule has 1 rings (SSSR count). The molecule has 82 valence electrons. The van der Waals surface area contributed by atoms with Gasteiger partial charge >= 0.3 is 0 Å². The normalized spacial score (nSPS) is 10.1. The molecule has 0 aromatic heterocycles. The van der Waals surface area contributed by atoms with Crippen molar-refractivity contribution in [3.8, 4) is 0 Å². The van der Waals surface area contributed by atoms with E-state index in [1.165, 1.54) is 22.3 Å². The second-order valence-corrected chi connectivity index (χ2v) is 4.18. The molecule has 0 aliphatic heterocycles. The van der Waals surface area contributed by atoms with Crippen LogP contribution in [0.25, 0.3) is 0 Å². The molecule has 0 radical (unpaired) electrons. The van der Waals surface area contributed by atoms with Crippen molar-refractivity contribution in [2.45, 2.75) is 27.2 Å². The van der Waals surface area contributed by atoms with Crippen LogP contribution in [0, 0.1) is 20.8 Å². The van der Waals surface area contributed by atoms with Crippen molar-refractivity contribution in [2.75, 3.05) is 6.54 Å². The predicted molar refractivity (Wildman–Crippen MR) is 66.7 cm³/mol. The molecule has 2 nitrogen and oxygen atoms in total. The number of hydrogen-bond acceptors (Lipinski definition) is 1. The minimum absolute atomic E-state index is 0.267. The molecular weight excluding hydrogens is 206 g/mol. The number of carbonyl (C=O) groups is 1. The fourth-order valence-electron chi connectivity index (χ4n) is 1.59. The molecule has 0 aliphatic rings. The maximum absolute atomic E-state index is 10.6. The monoisotopic (exact) mass is 223 g/mol.